The van der Waals surface area contributed by atoms with Gasteiger partial charge in [-0.25, -0.2) is 0 Å². The van der Waals surface area contributed by atoms with E-state index in [0.717, 1.165) is 31.4 Å². The van der Waals surface area contributed by atoms with Crippen LogP contribution in [0, 0.1) is 0 Å². The quantitative estimate of drug-likeness (QED) is 0.695. The first kappa shape index (κ1) is 16.7. The SMILES string of the molecule is COc1cccc(C2CCC(c3ccc(OC(F)F)cc3)CC2)c1. The minimum atomic E-state index is -2.77. The van der Waals surface area contributed by atoms with Gasteiger partial charge in [-0.15, -0.1) is 0 Å². The van der Waals surface area contributed by atoms with E-state index in [1.165, 1.54) is 11.1 Å². The van der Waals surface area contributed by atoms with Crippen molar-refractivity contribution >= 4 is 0 Å². The van der Waals surface area contributed by atoms with E-state index in [1.807, 2.05) is 24.3 Å². The van der Waals surface area contributed by atoms with Crippen LogP contribution in [-0.2, 0) is 0 Å². The second-order valence-corrected chi connectivity index (χ2v) is 6.27. The molecule has 0 N–H and O–H groups in total. The summed E-state index contributed by atoms with van der Waals surface area (Å²) in [5.74, 6) is 2.19. The number of hydrogen-bond donors (Lipinski definition) is 0. The lowest BCUT2D eigenvalue weighted by Gasteiger charge is -2.29. The van der Waals surface area contributed by atoms with Crippen LogP contribution in [0.4, 0.5) is 8.78 Å². The fraction of sp³-hybridized carbons (Fsp3) is 0.400. The predicted octanol–water partition coefficient (Wildman–Crippen LogP) is 5.74. The fourth-order valence-electron chi connectivity index (χ4n) is 3.58. The zero-order chi connectivity index (χ0) is 16.9. The molecule has 0 aromatic heterocycles. The zero-order valence-electron chi connectivity index (χ0n) is 13.8. The van der Waals surface area contributed by atoms with Gasteiger partial charge in [-0.05, 0) is 72.9 Å². The van der Waals surface area contributed by atoms with Crippen LogP contribution in [-0.4, -0.2) is 13.7 Å². The van der Waals surface area contributed by atoms with Gasteiger partial charge in [0.05, 0.1) is 7.11 Å². The highest BCUT2D eigenvalue weighted by molar-refractivity contribution is 5.33. The molecule has 2 nitrogen and oxygen atoms in total. The van der Waals surface area contributed by atoms with E-state index in [9.17, 15) is 8.78 Å². The number of rotatable bonds is 5. The topological polar surface area (TPSA) is 18.5 Å². The summed E-state index contributed by atoms with van der Waals surface area (Å²) in [7, 11) is 1.69. The average Bonchev–Trinajstić information content (AvgIpc) is 2.62. The Morgan fingerprint density at radius 1 is 0.833 bits per heavy atom. The molecule has 0 saturated heterocycles. The highest BCUT2D eigenvalue weighted by Crippen LogP contribution is 2.41. The first-order valence-corrected chi connectivity index (χ1v) is 8.34. The van der Waals surface area contributed by atoms with Crippen LogP contribution >= 0.6 is 0 Å². The molecule has 0 spiro atoms. The van der Waals surface area contributed by atoms with Gasteiger partial charge in [0.25, 0.3) is 0 Å². The Hall–Kier alpha value is -2.10. The van der Waals surface area contributed by atoms with E-state index in [-0.39, 0.29) is 5.75 Å². The maximum absolute atomic E-state index is 12.2. The summed E-state index contributed by atoms with van der Waals surface area (Å²) in [5.41, 5.74) is 2.55. The van der Waals surface area contributed by atoms with Crippen molar-refractivity contribution in [3.05, 3.63) is 59.7 Å². The molecule has 1 aliphatic carbocycles. The minimum absolute atomic E-state index is 0.221. The molecule has 2 aromatic carbocycles. The van der Waals surface area contributed by atoms with Crippen molar-refractivity contribution in [1.29, 1.82) is 0 Å². The maximum Gasteiger partial charge on any atom is 0.387 e. The standard InChI is InChI=1S/C20H22F2O2/c1-23-19-4-2-3-17(13-19)16-7-5-14(6-8-16)15-9-11-18(12-10-15)24-20(21)22/h2-4,9-14,16,20H,5-8H2,1H3. The minimum Gasteiger partial charge on any atom is -0.497 e. The lowest BCUT2D eigenvalue weighted by Crippen LogP contribution is -2.12. The monoisotopic (exact) mass is 332 g/mol. The molecular weight excluding hydrogens is 310 g/mol. The summed E-state index contributed by atoms with van der Waals surface area (Å²) in [6.45, 7) is -2.77. The van der Waals surface area contributed by atoms with E-state index in [4.69, 9.17) is 4.74 Å². The van der Waals surface area contributed by atoms with Gasteiger partial charge in [0.1, 0.15) is 11.5 Å². The Labute approximate surface area is 141 Å². The molecule has 1 aliphatic rings. The largest absolute Gasteiger partial charge is 0.497 e. The van der Waals surface area contributed by atoms with Crippen LogP contribution in [0.25, 0.3) is 0 Å². The van der Waals surface area contributed by atoms with Crippen molar-refractivity contribution in [3.8, 4) is 11.5 Å². The van der Waals surface area contributed by atoms with Crippen LogP contribution in [0.1, 0.15) is 48.6 Å². The van der Waals surface area contributed by atoms with Crippen molar-refractivity contribution in [2.24, 2.45) is 0 Å². The summed E-state index contributed by atoms with van der Waals surface area (Å²) in [6.07, 6.45) is 4.48. The molecule has 1 fully saturated rings. The lowest BCUT2D eigenvalue weighted by atomic mass is 9.76. The van der Waals surface area contributed by atoms with Crippen LogP contribution in [0.3, 0.4) is 0 Å². The Morgan fingerprint density at radius 2 is 1.46 bits per heavy atom. The van der Waals surface area contributed by atoms with Crippen LogP contribution in [0.2, 0.25) is 0 Å². The second-order valence-electron chi connectivity index (χ2n) is 6.27. The van der Waals surface area contributed by atoms with Crippen molar-refractivity contribution < 1.29 is 18.3 Å². The number of ether oxygens (including phenoxy) is 2. The zero-order valence-corrected chi connectivity index (χ0v) is 13.8. The predicted molar refractivity (Wildman–Crippen MR) is 90.0 cm³/mol. The second kappa shape index (κ2) is 7.65. The molecule has 1 saturated carbocycles. The Morgan fingerprint density at radius 3 is 2.04 bits per heavy atom. The number of methoxy groups -OCH3 is 1. The third-order valence-corrected chi connectivity index (χ3v) is 4.87. The van der Waals surface area contributed by atoms with Crippen molar-refractivity contribution in [3.63, 3.8) is 0 Å². The van der Waals surface area contributed by atoms with Crippen LogP contribution < -0.4 is 9.47 Å². The molecular formula is C20H22F2O2. The molecule has 0 heterocycles. The molecule has 24 heavy (non-hydrogen) atoms. The summed E-state index contributed by atoms with van der Waals surface area (Å²) in [6, 6.07) is 15.4. The van der Waals surface area contributed by atoms with Crippen molar-refractivity contribution in [2.75, 3.05) is 7.11 Å². The van der Waals surface area contributed by atoms with E-state index < -0.39 is 6.61 Å². The highest BCUT2D eigenvalue weighted by atomic mass is 19.3. The third kappa shape index (κ3) is 4.05. The normalized spacial score (nSPS) is 20.8. The molecule has 0 aliphatic heterocycles. The Kier molecular flexibility index (Phi) is 5.34. The van der Waals surface area contributed by atoms with Gasteiger partial charge in [-0.2, -0.15) is 8.78 Å². The number of benzene rings is 2. The molecule has 0 bridgehead atoms. The molecule has 0 atom stereocenters. The molecule has 128 valence electrons. The van der Waals surface area contributed by atoms with Crippen LogP contribution in [0.5, 0.6) is 11.5 Å². The number of alkyl halides is 2. The first-order chi connectivity index (χ1) is 11.7. The van der Waals surface area contributed by atoms with E-state index >= 15 is 0 Å². The van der Waals surface area contributed by atoms with E-state index in [1.54, 1.807) is 19.2 Å². The summed E-state index contributed by atoms with van der Waals surface area (Å²) < 4.78 is 34.1. The van der Waals surface area contributed by atoms with E-state index in [0.29, 0.717) is 11.8 Å². The fourth-order valence-corrected chi connectivity index (χ4v) is 3.58. The maximum atomic E-state index is 12.2. The molecule has 2 aromatic rings. The van der Waals surface area contributed by atoms with Gasteiger partial charge in [0, 0.05) is 0 Å². The Bertz CT molecular complexity index is 647. The van der Waals surface area contributed by atoms with E-state index in [2.05, 4.69) is 16.9 Å². The number of hydrogen-bond acceptors (Lipinski definition) is 2. The molecule has 4 heteroatoms. The van der Waals surface area contributed by atoms with Crippen LogP contribution in [0.15, 0.2) is 48.5 Å². The smallest absolute Gasteiger partial charge is 0.387 e. The van der Waals surface area contributed by atoms with Crippen molar-refractivity contribution in [2.45, 2.75) is 44.1 Å². The molecule has 0 amide bonds. The van der Waals surface area contributed by atoms with Gasteiger partial charge in [0.15, 0.2) is 0 Å². The summed E-state index contributed by atoms with van der Waals surface area (Å²) in [4.78, 5) is 0. The average molecular weight is 332 g/mol. The van der Waals surface area contributed by atoms with Gasteiger partial charge >= 0.3 is 6.61 Å². The molecule has 3 rings (SSSR count). The van der Waals surface area contributed by atoms with Gasteiger partial charge < -0.3 is 9.47 Å². The van der Waals surface area contributed by atoms with Gasteiger partial charge in [0.2, 0.25) is 0 Å². The third-order valence-electron chi connectivity index (χ3n) is 4.87. The Balaban J connectivity index is 1.60. The highest BCUT2D eigenvalue weighted by Gasteiger charge is 2.23. The lowest BCUT2D eigenvalue weighted by molar-refractivity contribution is -0.0498. The molecule has 0 unspecified atom stereocenters. The van der Waals surface area contributed by atoms with Crippen molar-refractivity contribution in [1.82, 2.24) is 0 Å². The molecule has 0 radical (unpaired) electrons. The van der Waals surface area contributed by atoms with Gasteiger partial charge in [-0.1, -0.05) is 24.3 Å². The van der Waals surface area contributed by atoms with Gasteiger partial charge in [-0.3, -0.25) is 0 Å². The first-order valence-electron chi connectivity index (χ1n) is 8.34. The summed E-state index contributed by atoms with van der Waals surface area (Å²) >= 11 is 0. The number of halogens is 2. The summed E-state index contributed by atoms with van der Waals surface area (Å²) in [5, 5.41) is 0.